The molecule has 0 rings (SSSR count). The van der Waals surface area contributed by atoms with Gasteiger partial charge in [0.15, 0.2) is 0 Å². The lowest BCUT2D eigenvalue weighted by Crippen LogP contribution is -2.07. The molecule has 0 spiro atoms. The summed E-state index contributed by atoms with van der Waals surface area (Å²) in [7, 11) is -6.37. The molecule has 0 aromatic heterocycles. The first-order valence-corrected chi connectivity index (χ1v) is 3.86. The van der Waals surface area contributed by atoms with Crippen LogP contribution in [0.25, 0.3) is 0 Å². The molecular formula is C4H10O4S. The molecule has 1 unspecified atom stereocenters. The fourth-order valence-electron chi connectivity index (χ4n) is 0.185. The summed E-state index contributed by atoms with van der Waals surface area (Å²) in [6.07, 6.45) is 0.801. The first-order valence-electron chi connectivity index (χ1n) is 4.12. The lowest BCUT2D eigenvalue weighted by atomic mass is 10.8. The molecule has 1 atom stereocenters. The van der Waals surface area contributed by atoms with E-state index in [1.807, 2.05) is 0 Å². The topological polar surface area (TPSA) is 52.6 Å². The molecule has 0 saturated carbocycles. The van der Waals surface area contributed by atoms with Gasteiger partial charge in [-0.2, -0.15) is 8.42 Å². The highest BCUT2D eigenvalue weighted by molar-refractivity contribution is 7.85. The summed E-state index contributed by atoms with van der Waals surface area (Å²) in [5.74, 6) is 0. The molecule has 0 aromatic carbocycles. The van der Waals surface area contributed by atoms with Gasteiger partial charge in [0.2, 0.25) is 0 Å². The second kappa shape index (κ2) is 3.81. The quantitative estimate of drug-likeness (QED) is 0.523. The van der Waals surface area contributed by atoms with Gasteiger partial charge in [0.25, 0.3) is 10.1 Å². The van der Waals surface area contributed by atoms with Crippen molar-refractivity contribution in [2.45, 2.75) is 0 Å². The minimum Gasteiger partial charge on any atom is -0.382 e. The maximum Gasteiger partial charge on any atom is 0.264 e. The number of hydrogen-bond acceptors (Lipinski definition) is 4. The van der Waals surface area contributed by atoms with E-state index in [9.17, 15) is 8.42 Å². The van der Waals surface area contributed by atoms with E-state index >= 15 is 0 Å². The minimum absolute atomic E-state index is 0.628. The van der Waals surface area contributed by atoms with E-state index in [2.05, 4.69) is 8.92 Å². The van der Waals surface area contributed by atoms with Crippen LogP contribution in [0.2, 0.25) is 0 Å². The van der Waals surface area contributed by atoms with Crippen LogP contribution in [0.1, 0.15) is 5.48 Å². The third-order valence-corrected chi connectivity index (χ3v) is 0.998. The molecule has 9 heavy (non-hydrogen) atoms. The molecule has 0 aliphatic rings. The van der Waals surface area contributed by atoms with Gasteiger partial charge in [0, 0.05) is 7.04 Å². The van der Waals surface area contributed by atoms with Crippen LogP contribution in [0, 0.1) is 0 Å². The summed E-state index contributed by atoms with van der Waals surface area (Å²) in [6.45, 7) is -2.17. The highest BCUT2D eigenvalue weighted by atomic mass is 32.2. The Morgan fingerprint density at radius 1 is 1.78 bits per heavy atom. The van der Waals surface area contributed by atoms with Gasteiger partial charge in [-0.15, -0.1) is 0 Å². The monoisotopic (exact) mass is 158 g/mol. The minimum atomic E-state index is -3.66. The van der Waals surface area contributed by atoms with E-state index in [0.29, 0.717) is 0 Å². The van der Waals surface area contributed by atoms with E-state index in [1.165, 1.54) is 0 Å². The predicted octanol–water partition coefficient (Wildman–Crippen LogP) is -0.391. The SMILES string of the molecule is [2H]C(COS(C)(=O)=O)OC([2H])([2H])[2H]. The zero-order chi connectivity index (χ0) is 10.7. The van der Waals surface area contributed by atoms with E-state index in [1.54, 1.807) is 0 Å². The average molecular weight is 158 g/mol. The Kier molecular flexibility index (Phi) is 1.65. The Morgan fingerprint density at radius 3 is 2.89 bits per heavy atom. The van der Waals surface area contributed by atoms with E-state index in [0.717, 1.165) is 6.26 Å². The van der Waals surface area contributed by atoms with Crippen molar-refractivity contribution >= 4 is 10.1 Å². The molecule has 0 radical (unpaired) electrons. The van der Waals surface area contributed by atoms with Crippen molar-refractivity contribution in [3.8, 4) is 0 Å². The zero-order valence-corrected chi connectivity index (χ0v) is 5.64. The molecule has 0 saturated heterocycles. The predicted molar refractivity (Wildman–Crippen MR) is 32.7 cm³/mol. The first kappa shape index (κ1) is 3.90. The Labute approximate surface area is 60.5 Å². The van der Waals surface area contributed by atoms with Crippen molar-refractivity contribution in [3.63, 3.8) is 0 Å². The van der Waals surface area contributed by atoms with Crippen LogP contribution in [0.3, 0.4) is 0 Å². The average Bonchev–Trinajstić information content (AvgIpc) is 1.78. The van der Waals surface area contributed by atoms with Crippen LogP contribution in [0.4, 0.5) is 0 Å². The highest BCUT2D eigenvalue weighted by Crippen LogP contribution is 1.84. The molecule has 0 bridgehead atoms. The van der Waals surface area contributed by atoms with Gasteiger partial charge in [-0.3, -0.25) is 4.18 Å². The molecule has 5 heteroatoms. The Morgan fingerprint density at radius 2 is 2.44 bits per heavy atom. The normalized spacial score (nSPS) is 23.2. The third-order valence-electron chi connectivity index (χ3n) is 0.433. The summed E-state index contributed by atoms with van der Waals surface area (Å²) >= 11 is 0. The third kappa shape index (κ3) is 7.87. The fourth-order valence-corrected chi connectivity index (χ4v) is 0.488. The van der Waals surface area contributed by atoms with Gasteiger partial charge < -0.3 is 4.74 Å². The van der Waals surface area contributed by atoms with E-state index in [4.69, 9.17) is 5.48 Å². The smallest absolute Gasteiger partial charge is 0.264 e. The molecule has 0 aromatic rings. The largest absolute Gasteiger partial charge is 0.382 e. The summed E-state index contributed by atoms with van der Waals surface area (Å²) in [5, 5.41) is 0. The van der Waals surface area contributed by atoms with Crippen molar-refractivity contribution in [1.82, 2.24) is 0 Å². The van der Waals surface area contributed by atoms with Gasteiger partial charge in [0.05, 0.1) is 24.9 Å². The summed E-state index contributed by atoms with van der Waals surface area (Å²) in [5.41, 5.74) is 0. The first-order chi connectivity index (χ1) is 5.60. The van der Waals surface area contributed by atoms with Gasteiger partial charge in [0.1, 0.15) is 0 Å². The molecule has 4 nitrogen and oxygen atoms in total. The number of ether oxygens (including phenoxy) is 1. The van der Waals surface area contributed by atoms with Crippen LogP contribution >= 0.6 is 0 Å². The Hall–Kier alpha value is -0.130. The molecule has 0 aliphatic heterocycles. The second-order valence-corrected chi connectivity index (χ2v) is 2.92. The van der Waals surface area contributed by atoms with Crippen molar-refractivity contribution in [1.29, 1.82) is 0 Å². The van der Waals surface area contributed by atoms with Crippen molar-refractivity contribution in [2.75, 3.05) is 26.5 Å². The molecule has 0 fully saturated rings. The van der Waals surface area contributed by atoms with Crippen LogP contribution in [-0.2, 0) is 19.0 Å². The Bertz CT molecular complexity index is 245. The molecular weight excluding hydrogens is 144 g/mol. The fraction of sp³-hybridized carbons (Fsp3) is 1.00. The zero-order valence-electron chi connectivity index (χ0n) is 8.83. The summed E-state index contributed by atoms with van der Waals surface area (Å²) < 4.78 is 55.7. The van der Waals surface area contributed by atoms with Crippen LogP contribution in [-0.4, -0.2) is 34.9 Å². The van der Waals surface area contributed by atoms with Crippen LogP contribution in [0.15, 0.2) is 0 Å². The van der Waals surface area contributed by atoms with Gasteiger partial charge in [-0.1, -0.05) is 0 Å². The number of methoxy groups -OCH3 is 1. The maximum atomic E-state index is 10.4. The molecule has 0 N–H and O–H groups in total. The Balaban J connectivity index is 3.84. The maximum absolute atomic E-state index is 10.4. The molecule has 56 valence electrons. The van der Waals surface area contributed by atoms with Crippen molar-refractivity contribution in [2.24, 2.45) is 0 Å². The van der Waals surface area contributed by atoms with E-state index < -0.39 is 30.3 Å². The number of hydrogen-bond donors (Lipinski definition) is 0. The van der Waals surface area contributed by atoms with Crippen molar-refractivity contribution < 1.29 is 22.8 Å². The lowest BCUT2D eigenvalue weighted by Gasteiger charge is -1.97. The molecule has 0 amide bonds. The van der Waals surface area contributed by atoms with Crippen LogP contribution < -0.4 is 0 Å². The van der Waals surface area contributed by atoms with Crippen molar-refractivity contribution in [3.05, 3.63) is 0 Å². The summed E-state index contributed by atoms with van der Waals surface area (Å²) in [4.78, 5) is 0. The summed E-state index contributed by atoms with van der Waals surface area (Å²) in [6, 6.07) is 0. The lowest BCUT2D eigenvalue weighted by molar-refractivity contribution is 0.150. The van der Waals surface area contributed by atoms with E-state index in [-0.39, 0.29) is 0 Å². The highest BCUT2D eigenvalue weighted by Gasteiger charge is 1.98. The molecule has 0 aliphatic carbocycles. The van der Waals surface area contributed by atoms with Gasteiger partial charge in [-0.05, 0) is 0 Å². The second-order valence-electron chi connectivity index (χ2n) is 1.27. The van der Waals surface area contributed by atoms with Gasteiger partial charge >= 0.3 is 0 Å². The van der Waals surface area contributed by atoms with Gasteiger partial charge in [-0.25, -0.2) is 0 Å². The molecule has 0 heterocycles. The van der Waals surface area contributed by atoms with Crippen LogP contribution in [0.5, 0.6) is 0 Å². The number of rotatable bonds is 4. The standard InChI is InChI=1S/C4H10O4S/c1-7-3-4-8-9(2,5)6/h3-4H2,1-2H3/i1D3,3D.